The van der Waals surface area contributed by atoms with E-state index < -0.39 is 5.97 Å². The Kier molecular flexibility index (Phi) is 4.13. The Morgan fingerprint density at radius 2 is 1.95 bits per heavy atom. The number of rotatable bonds is 4. The number of carboxylic acids is 1. The van der Waals surface area contributed by atoms with E-state index in [0.29, 0.717) is 17.4 Å². The summed E-state index contributed by atoms with van der Waals surface area (Å²) in [6, 6.07) is 7.92. The smallest absolute Gasteiger partial charge is 0.339 e. The number of carbonyl (C=O) groups is 1. The van der Waals surface area contributed by atoms with E-state index in [1.807, 2.05) is 24.3 Å². The van der Waals surface area contributed by atoms with Gasteiger partial charge in [-0.2, -0.15) is 0 Å². The summed E-state index contributed by atoms with van der Waals surface area (Å²) in [4.78, 5) is 19.5. The van der Waals surface area contributed by atoms with Gasteiger partial charge in [0, 0.05) is 11.8 Å². The highest BCUT2D eigenvalue weighted by atomic mass is 16.4. The Labute approximate surface area is 118 Å². The van der Waals surface area contributed by atoms with Crippen molar-refractivity contribution in [3.8, 4) is 11.3 Å². The molecular formula is C16H18N2O2. The van der Waals surface area contributed by atoms with E-state index in [2.05, 4.69) is 23.8 Å². The molecular weight excluding hydrogens is 252 g/mol. The van der Waals surface area contributed by atoms with Crippen molar-refractivity contribution in [1.82, 2.24) is 9.97 Å². The zero-order valence-electron chi connectivity index (χ0n) is 11.9. The fourth-order valence-corrected chi connectivity index (χ4v) is 2.05. The van der Waals surface area contributed by atoms with Gasteiger partial charge in [0.15, 0.2) is 0 Å². The van der Waals surface area contributed by atoms with Crippen molar-refractivity contribution in [2.24, 2.45) is 0 Å². The van der Waals surface area contributed by atoms with Crippen LogP contribution < -0.4 is 0 Å². The average Bonchev–Trinajstić information content (AvgIpc) is 2.46. The standard InChI is InChI=1S/C16H18N2O2/c1-4-10(2)12-5-7-13(8-6-12)15-14(16(19)20)9-17-11(3)18-15/h5-10H,4H2,1-3H3,(H,19,20). The van der Waals surface area contributed by atoms with Crippen LogP contribution in [0.25, 0.3) is 11.3 Å². The maximum absolute atomic E-state index is 11.2. The van der Waals surface area contributed by atoms with Crippen molar-refractivity contribution < 1.29 is 9.90 Å². The molecule has 0 aliphatic rings. The predicted molar refractivity (Wildman–Crippen MR) is 77.9 cm³/mol. The molecule has 104 valence electrons. The van der Waals surface area contributed by atoms with Crippen molar-refractivity contribution in [1.29, 1.82) is 0 Å². The van der Waals surface area contributed by atoms with Gasteiger partial charge in [-0.3, -0.25) is 0 Å². The predicted octanol–water partition coefficient (Wildman–Crippen LogP) is 3.66. The molecule has 0 fully saturated rings. The van der Waals surface area contributed by atoms with Gasteiger partial charge in [0.05, 0.1) is 5.69 Å². The molecule has 1 aromatic carbocycles. The molecule has 0 aliphatic carbocycles. The van der Waals surface area contributed by atoms with Crippen LogP contribution in [0.2, 0.25) is 0 Å². The van der Waals surface area contributed by atoms with Crippen molar-refractivity contribution in [3.63, 3.8) is 0 Å². The molecule has 0 bridgehead atoms. The van der Waals surface area contributed by atoms with E-state index in [4.69, 9.17) is 0 Å². The van der Waals surface area contributed by atoms with Crippen LogP contribution in [0.1, 0.15) is 47.9 Å². The number of aromatic carboxylic acids is 1. The number of hydrogen-bond acceptors (Lipinski definition) is 3. The fraction of sp³-hybridized carbons (Fsp3) is 0.312. The number of aromatic nitrogens is 2. The Hall–Kier alpha value is -2.23. The SMILES string of the molecule is CCC(C)c1ccc(-c2nc(C)ncc2C(=O)O)cc1. The first-order valence-electron chi connectivity index (χ1n) is 6.70. The number of benzene rings is 1. The van der Waals surface area contributed by atoms with Gasteiger partial charge in [0.25, 0.3) is 0 Å². The van der Waals surface area contributed by atoms with Crippen LogP contribution in [0.4, 0.5) is 0 Å². The topological polar surface area (TPSA) is 63.1 Å². The molecule has 1 heterocycles. The summed E-state index contributed by atoms with van der Waals surface area (Å²) >= 11 is 0. The third kappa shape index (κ3) is 2.85. The molecule has 0 saturated carbocycles. The molecule has 1 unspecified atom stereocenters. The summed E-state index contributed by atoms with van der Waals surface area (Å²) in [5.41, 5.74) is 2.66. The molecule has 1 N–H and O–H groups in total. The highest BCUT2D eigenvalue weighted by Crippen LogP contribution is 2.25. The van der Waals surface area contributed by atoms with Crippen molar-refractivity contribution in [2.75, 3.05) is 0 Å². The van der Waals surface area contributed by atoms with Gasteiger partial charge in [-0.1, -0.05) is 38.1 Å². The van der Waals surface area contributed by atoms with Crippen LogP contribution in [0.15, 0.2) is 30.5 Å². The summed E-state index contributed by atoms with van der Waals surface area (Å²) in [5, 5.41) is 9.22. The molecule has 1 atom stereocenters. The Bertz CT molecular complexity index is 621. The molecule has 20 heavy (non-hydrogen) atoms. The van der Waals surface area contributed by atoms with Gasteiger partial charge in [-0.05, 0) is 24.8 Å². The Morgan fingerprint density at radius 1 is 1.30 bits per heavy atom. The summed E-state index contributed by atoms with van der Waals surface area (Å²) in [5.74, 6) is 0.0529. The minimum absolute atomic E-state index is 0.131. The summed E-state index contributed by atoms with van der Waals surface area (Å²) in [6.45, 7) is 6.07. The largest absolute Gasteiger partial charge is 0.478 e. The molecule has 0 radical (unpaired) electrons. The van der Waals surface area contributed by atoms with Crippen molar-refractivity contribution >= 4 is 5.97 Å². The minimum Gasteiger partial charge on any atom is -0.478 e. The van der Waals surface area contributed by atoms with Crippen LogP contribution in [0.5, 0.6) is 0 Å². The number of hydrogen-bond donors (Lipinski definition) is 1. The number of aryl methyl sites for hydroxylation is 1. The van der Waals surface area contributed by atoms with Gasteiger partial charge >= 0.3 is 5.97 Å². The maximum atomic E-state index is 11.2. The molecule has 0 saturated heterocycles. The first kappa shape index (κ1) is 14.2. The van der Waals surface area contributed by atoms with Gasteiger partial charge in [-0.25, -0.2) is 14.8 Å². The third-order valence-electron chi connectivity index (χ3n) is 3.51. The normalized spacial score (nSPS) is 12.2. The Balaban J connectivity index is 2.46. The van der Waals surface area contributed by atoms with Crippen molar-refractivity contribution in [3.05, 3.63) is 47.4 Å². The number of nitrogens with zero attached hydrogens (tertiary/aromatic N) is 2. The molecule has 0 aliphatic heterocycles. The lowest BCUT2D eigenvalue weighted by atomic mass is 9.96. The molecule has 0 amide bonds. The Morgan fingerprint density at radius 3 is 2.50 bits per heavy atom. The van der Waals surface area contributed by atoms with Crippen molar-refractivity contribution in [2.45, 2.75) is 33.1 Å². The fourth-order valence-electron chi connectivity index (χ4n) is 2.05. The molecule has 4 nitrogen and oxygen atoms in total. The van der Waals surface area contributed by atoms with E-state index in [-0.39, 0.29) is 5.56 Å². The van der Waals surface area contributed by atoms with Crippen LogP contribution in [0, 0.1) is 6.92 Å². The van der Waals surface area contributed by atoms with Gasteiger partial charge in [-0.15, -0.1) is 0 Å². The highest BCUT2D eigenvalue weighted by molar-refractivity contribution is 5.94. The second-order valence-electron chi connectivity index (χ2n) is 4.92. The lowest BCUT2D eigenvalue weighted by Gasteiger charge is -2.10. The van der Waals surface area contributed by atoms with Gasteiger partial charge in [0.2, 0.25) is 0 Å². The molecule has 2 rings (SSSR count). The van der Waals surface area contributed by atoms with Crippen LogP contribution in [0.3, 0.4) is 0 Å². The van der Waals surface area contributed by atoms with Gasteiger partial charge < -0.3 is 5.11 Å². The van der Waals surface area contributed by atoms with E-state index >= 15 is 0 Å². The quantitative estimate of drug-likeness (QED) is 0.920. The summed E-state index contributed by atoms with van der Waals surface area (Å²) in [7, 11) is 0. The van der Waals surface area contributed by atoms with E-state index in [1.165, 1.54) is 11.8 Å². The van der Waals surface area contributed by atoms with E-state index in [0.717, 1.165) is 12.0 Å². The first-order valence-corrected chi connectivity index (χ1v) is 6.70. The second kappa shape index (κ2) is 5.82. The maximum Gasteiger partial charge on any atom is 0.339 e. The monoisotopic (exact) mass is 270 g/mol. The number of carboxylic acid groups (broad SMARTS) is 1. The second-order valence-corrected chi connectivity index (χ2v) is 4.92. The van der Waals surface area contributed by atoms with E-state index in [9.17, 15) is 9.90 Å². The van der Waals surface area contributed by atoms with Crippen LogP contribution >= 0.6 is 0 Å². The molecule has 2 aromatic rings. The zero-order valence-corrected chi connectivity index (χ0v) is 11.9. The average molecular weight is 270 g/mol. The molecule has 1 aromatic heterocycles. The summed E-state index contributed by atoms with van der Waals surface area (Å²) < 4.78 is 0. The van der Waals surface area contributed by atoms with Crippen LogP contribution in [-0.2, 0) is 0 Å². The lowest BCUT2D eigenvalue weighted by Crippen LogP contribution is -2.04. The highest BCUT2D eigenvalue weighted by Gasteiger charge is 2.14. The molecule has 4 heteroatoms. The van der Waals surface area contributed by atoms with E-state index in [1.54, 1.807) is 6.92 Å². The third-order valence-corrected chi connectivity index (χ3v) is 3.51. The van der Waals surface area contributed by atoms with Gasteiger partial charge in [0.1, 0.15) is 11.4 Å². The summed E-state index contributed by atoms with van der Waals surface area (Å²) in [6.07, 6.45) is 2.44. The minimum atomic E-state index is -1.01. The lowest BCUT2D eigenvalue weighted by molar-refractivity contribution is 0.0697. The first-order chi connectivity index (χ1) is 9.52. The van der Waals surface area contributed by atoms with Crippen LogP contribution in [-0.4, -0.2) is 21.0 Å². The zero-order chi connectivity index (χ0) is 14.7. The molecule has 0 spiro atoms.